The lowest BCUT2D eigenvalue weighted by atomic mass is 9.99. The molecule has 0 aromatic heterocycles. The van der Waals surface area contributed by atoms with Crippen LogP contribution in [0, 0.1) is 0 Å². The predicted molar refractivity (Wildman–Crippen MR) is 60.5 cm³/mol. The molecule has 0 spiro atoms. The van der Waals surface area contributed by atoms with Gasteiger partial charge in [0.1, 0.15) is 5.75 Å². The Morgan fingerprint density at radius 3 is 2.25 bits per heavy atom. The molecule has 0 aliphatic carbocycles. The van der Waals surface area contributed by atoms with Crippen LogP contribution in [-0.4, -0.2) is 16.2 Å². The Labute approximate surface area is 92.6 Å². The molecular weight excluding hydrogens is 204 g/mol. The van der Waals surface area contributed by atoms with Crippen molar-refractivity contribution < 1.29 is 15.0 Å². The number of hydrogen-bond acceptors (Lipinski definition) is 2. The summed E-state index contributed by atoms with van der Waals surface area (Å²) >= 11 is 0. The quantitative estimate of drug-likeness (QED) is 0.808. The summed E-state index contributed by atoms with van der Waals surface area (Å²) in [5.74, 6) is -1.07. The van der Waals surface area contributed by atoms with E-state index in [1.165, 1.54) is 18.2 Å². The minimum atomic E-state index is -1.05. The molecule has 2 aromatic rings. The summed E-state index contributed by atoms with van der Waals surface area (Å²) < 4.78 is 0. The Balaban J connectivity index is 2.68. The maximum Gasteiger partial charge on any atom is 0.336 e. The van der Waals surface area contributed by atoms with Gasteiger partial charge in [-0.1, -0.05) is 36.4 Å². The zero-order valence-corrected chi connectivity index (χ0v) is 8.42. The fourth-order valence-electron chi connectivity index (χ4n) is 1.63. The minimum absolute atomic E-state index is 0.0221. The van der Waals surface area contributed by atoms with Crippen LogP contribution in [0.1, 0.15) is 10.4 Å². The fourth-order valence-corrected chi connectivity index (χ4v) is 1.63. The van der Waals surface area contributed by atoms with Crippen LogP contribution >= 0.6 is 0 Å². The topological polar surface area (TPSA) is 57.5 Å². The van der Waals surface area contributed by atoms with Crippen molar-refractivity contribution in [2.24, 2.45) is 0 Å². The number of phenolic OH excluding ortho intramolecular Hbond substituents is 1. The van der Waals surface area contributed by atoms with Crippen molar-refractivity contribution in [2.75, 3.05) is 0 Å². The maximum absolute atomic E-state index is 11.0. The van der Waals surface area contributed by atoms with Gasteiger partial charge in [-0.05, 0) is 17.7 Å². The smallest absolute Gasteiger partial charge is 0.336 e. The van der Waals surface area contributed by atoms with Crippen molar-refractivity contribution in [2.45, 2.75) is 0 Å². The van der Waals surface area contributed by atoms with E-state index in [4.69, 9.17) is 5.11 Å². The van der Waals surface area contributed by atoms with Gasteiger partial charge in [0, 0.05) is 5.56 Å². The summed E-state index contributed by atoms with van der Waals surface area (Å²) in [6.45, 7) is 0. The SMILES string of the molecule is O=C(O)c1cccc(O)c1-c1ccccc1. The number of carboxylic acids is 1. The molecule has 0 radical (unpaired) electrons. The Morgan fingerprint density at radius 2 is 1.62 bits per heavy atom. The molecule has 0 heterocycles. The molecule has 16 heavy (non-hydrogen) atoms. The molecule has 0 saturated carbocycles. The van der Waals surface area contributed by atoms with Crippen molar-refractivity contribution in [1.29, 1.82) is 0 Å². The van der Waals surface area contributed by atoms with E-state index in [0.717, 1.165) is 0 Å². The number of benzene rings is 2. The van der Waals surface area contributed by atoms with Crippen LogP contribution < -0.4 is 0 Å². The molecule has 0 aliphatic rings. The molecule has 0 bridgehead atoms. The van der Waals surface area contributed by atoms with Crippen molar-refractivity contribution in [3.8, 4) is 16.9 Å². The van der Waals surface area contributed by atoms with Gasteiger partial charge in [-0.3, -0.25) is 0 Å². The summed E-state index contributed by atoms with van der Waals surface area (Å²) in [6, 6.07) is 13.4. The molecule has 0 amide bonds. The highest BCUT2D eigenvalue weighted by atomic mass is 16.4. The lowest BCUT2D eigenvalue weighted by Gasteiger charge is -2.08. The van der Waals surface area contributed by atoms with E-state index in [2.05, 4.69) is 0 Å². The molecule has 2 rings (SSSR count). The van der Waals surface area contributed by atoms with Crippen molar-refractivity contribution in [1.82, 2.24) is 0 Å². The van der Waals surface area contributed by atoms with Gasteiger partial charge in [-0.15, -0.1) is 0 Å². The van der Waals surface area contributed by atoms with Crippen molar-refractivity contribution in [3.05, 3.63) is 54.1 Å². The maximum atomic E-state index is 11.0. The van der Waals surface area contributed by atoms with Crippen LogP contribution in [0.25, 0.3) is 11.1 Å². The zero-order chi connectivity index (χ0) is 11.5. The first-order valence-electron chi connectivity index (χ1n) is 4.81. The number of aromatic hydroxyl groups is 1. The van der Waals surface area contributed by atoms with E-state index in [9.17, 15) is 9.90 Å². The van der Waals surface area contributed by atoms with Crippen LogP contribution in [0.15, 0.2) is 48.5 Å². The van der Waals surface area contributed by atoms with E-state index in [-0.39, 0.29) is 11.3 Å². The van der Waals surface area contributed by atoms with Crippen LogP contribution in [0.4, 0.5) is 0 Å². The first kappa shape index (κ1) is 10.2. The van der Waals surface area contributed by atoms with Gasteiger partial charge in [0.25, 0.3) is 0 Å². The van der Waals surface area contributed by atoms with Gasteiger partial charge < -0.3 is 10.2 Å². The third kappa shape index (κ3) is 1.75. The number of hydrogen-bond donors (Lipinski definition) is 2. The summed E-state index contributed by atoms with van der Waals surface area (Å²) in [7, 11) is 0. The number of carboxylic acid groups (broad SMARTS) is 1. The second kappa shape index (κ2) is 4.06. The minimum Gasteiger partial charge on any atom is -0.507 e. The molecule has 2 aromatic carbocycles. The average molecular weight is 214 g/mol. The summed E-state index contributed by atoms with van der Waals surface area (Å²) in [5, 5.41) is 18.8. The van der Waals surface area contributed by atoms with Gasteiger partial charge >= 0.3 is 5.97 Å². The van der Waals surface area contributed by atoms with Crippen molar-refractivity contribution >= 4 is 5.97 Å². The van der Waals surface area contributed by atoms with Crippen LogP contribution in [0.2, 0.25) is 0 Å². The normalized spacial score (nSPS) is 10.0. The monoisotopic (exact) mass is 214 g/mol. The van der Waals surface area contributed by atoms with Gasteiger partial charge in [0.15, 0.2) is 0 Å². The zero-order valence-electron chi connectivity index (χ0n) is 8.42. The molecule has 3 nitrogen and oxygen atoms in total. The summed E-state index contributed by atoms with van der Waals surface area (Å²) in [4.78, 5) is 11.0. The van der Waals surface area contributed by atoms with Gasteiger partial charge in [0.2, 0.25) is 0 Å². The predicted octanol–water partition coefficient (Wildman–Crippen LogP) is 2.76. The first-order valence-corrected chi connectivity index (χ1v) is 4.81. The molecule has 0 fully saturated rings. The third-order valence-corrected chi connectivity index (χ3v) is 2.34. The highest BCUT2D eigenvalue weighted by molar-refractivity contribution is 5.97. The standard InChI is InChI=1S/C13H10O3/c14-11-8-4-7-10(13(15)16)12(11)9-5-2-1-3-6-9/h1-8,14H,(H,15,16). The fraction of sp³-hybridized carbons (Fsp3) is 0. The Bertz CT molecular complexity index is 518. The highest BCUT2D eigenvalue weighted by Gasteiger charge is 2.14. The Morgan fingerprint density at radius 1 is 0.938 bits per heavy atom. The number of phenols is 1. The van der Waals surface area contributed by atoms with E-state index >= 15 is 0 Å². The molecule has 80 valence electrons. The number of carbonyl (C=O) groups is 1. The van der Waals surface area contributed by atoms with Gasteiger partial charge in [-0.2, -0.15) is 0 Å². The largest absolute Gasteiger partial charge is 0.507 e. The van der Waals surface area contributed by atoms with Gasteiger partial charge in [-0.25, -0.2) is 4.79 Å². The summed E-state index contributed by atoms with van der Waals surface area (Å²) in [5.41, 5.74) is 1.15. The van der Waals surface area contributed by atoms with Crippen molar-refractivity contribution in [3.63, 3.8) is 0 Å². The van der Waals surface area contributed by atoms with E-state index in [1.807, 2.05) is 6.07 Å². The van der Waals surface area contributed by atoms with Crippen LogP contribution in [-0.2, 0) is 0 Å². The lowest BCUT2D eigenvalue weighted by molar-refractivity contribution is 0.0697. The molecule has 0 aliphatic heterocycles. The average Bonchev–Trinajstić information content (AvgIpc) is 2.29. The first-order chi connectivity index (χ1) is 7.70. The lowest BCUT2D eigenvalue weighted by Crippen LogP contribution is -1.99. The number of aromatic carboxylic acids is 1. The highest BCUT2D eigenvalue weighted by Crippen LogP contribution is 2.32. The third-order valence-electron chi connectivity index (χ3n) is 2.34. The Kier molecular flexibility index (Phi) is 2.60. The van der Waals surface area contributed by atoms with E-state index in [0.29, 0.717) is 11.1 Å². The Hall–Kier alpha value is -2.29. The van der Waals surface area contributed by atoms with Crippen LogP contribution in [0.5, 0.6) is 5.75 Å². The molecule has 0 unspecified atom stereocenters. The van der Waals surface area contributed by atoms with E-state index in [1.54, 1.807) is 24.3 Å². The summed E-state index contributed by atoms with van der Waals surface area (Å²) in [6.07, 6.45) is 0. The second-order valence-corrected chi connectivity index (χ2v) is 3.37. The molecule has 0 saturated heterocycles. The molecule has 0 atom stereocenters. The second-order valence-electron chi connectivity index (χ2n) is 3.37. The molecular formula is C13H10O3. The van der Waals surface area contributed by atoms with E-state index < -0.39 is 5.97 Å². The van der Waals surface area contributed by atoms with Gasteiger partial charge in [0.05, 0.1) is 5.56 Å². The molecule has 2 N–H and O–H groups in total. The van der Waals surface area contributed by atoms with Crippen LogP contribution in [0.3, 0.4) is 0 Å². The molecule has 3 heteroatoms. The number of rotatable bonds is 2.